The Hall–Kier alpha value is -3.69. The summed E-state index contributed by atoms with van der Waals surface area (Å²) < 4.78 is 54.1. The first-order valence-corrected chi connectivity index (χ1v) is 9.52. The number of aliphatic imine (C=N–C) groups is 1. The molecule has 5 rings (SSSR count). The van der Waals surface area contributed by atoms with E-state index in [0.29, 0.717) is 29.6 Å². The maximum atomic E-state index is 13.5. The maximum Gasteiger partial charge on any atom is 0.504 e. The van der Waals surface area contributed by atoms with Gasteiger partial charge in [0.25, 0.3) is 0 Å². The summed E-state index contributed by atoms with van der Waals surface area (Å²) in [5.41, 5.74) is 3.06. The topological polar surface area (TPSA) is 63.8 Å². The molecule has 1 aliphatic carbocycles. The van der Waals surface area contributed by atoms with Gasteiger partial charge in [-0.2, -0.15) is 9.78 Å². The van der Waals surface area contributed by atoms with Crippen LogP contribution in [0.25, 0.3) is 11.1 Å². The van der Waals surface area contributed by atoms with E-state index in [-0.39, 0.29) is 17.1 Å². The van der Waals surface area contributed by atoms with Gasteiger partial charge in [0, 0.05) is 36.2 Å². The van der Waals surface area contributed by atoms with Crippen molar-refractivity contribution in [3.8, 4) is 0 Å². The van der Waals surface area contributed by atoms with Crippen molar-refractivity contribution in [1.29, 1.82) is 0 Å². The third-order valence-electron chi connectivity index (χ3n) is 5.20. The number of nitrogens with one attached hydrogen (secondary N) is 1. The Bertz CT molecular complexity index is 1360. The summed E-state index contributed by atoms with van der Waals surface area (Å²) in [6.07, 6.45) is 8.18. The minimum absolute atomic E-state index is 0.0172. The highest BCUT2D eigenvalue weighted by Crippen LogP contribution is 2.28. The van der Waals surface area contributed by atoms with E-state index in [2.05, 4.69) is 20.1 Å². The van der Waals surface area contributed by atoms with E-state index in [4.69, 9.17) is 0 Å². The average Bonchev–Trinajstić information content (AvgIpc) is 3.47. The molecular formula is C21H16F4N6. The number of alkyl halides is 3. The summed E-state index contributed by atoms with van der Waals surface area (Å²) >= 11 is 0. The lowest BCUT2D eigenvalue weighted by molar-refractivity contribution is -0.212. The van der Waals surface area contributed by atoms with Gasteiger partial charge in [-0.05, 0) is 35.8 Å². The Morgan fingerprint density at radius 3 is 2.77 bits per heavy atom. The molecule has 2 aliphatic rings. The van der Waals surface area contributed by atoms with Crippen molar-refractivity contribution in [3.05, 3.63) is 76.9 Å². The van der Waals surface area contributed by atoms with Crippen molar-refractivity contribution in [2.75, 3.05) is 0 Å². The molecule has 0 fully saturated rings. The van der Waals surface area contributed by atoms with E-state index in [1.54, 1.807) is 29.4 Å². The fraction of sp³-hybridized carbons (Fsp3) is 0.190. The zero-order valence-corrected chi connectivity index (χ0v) is 16.1. The summed E-state index contributed by atoms with van der Waals surface area (Å²) in [6.45, 7) is 0.153. The number of hydrogen-bond acceptors (Lipinski definition) is 3. The average molecular weight is 428 g/mol. The van der Waals surface area contributed by atoms with Crippen LogP contribution in [0.5, 0.6) is 0 Å². The van der Waals surface area contributed by atoms with E-state index in [9.17, 15) is 17.6 Å². The van der Waals surface area contributed by atoms with Crippen LogP contribution in [0.2, 0.25) is 0 Å². The smallest absolute Gasteiger partial charge is 0.346 e. The third kappa shape index (κ3) is 3.54. The minimum atomic E-state index is -4.57. The number of allylic oxidation sites excluding steroid dienone is 4. The molecule has 1 aliphatic heterocycles. The second-order valence-electron chi connectivity index (χ2n) is 7.22. The molecule has 3 aromatic rings. The number of hydrogen-bond donors (Lipinski definition) is 1. The van der Waals surface area contributed by atoms with Crippen LogP contribution in [0.15, 0.2) is 60.0 Å². The minimum Gasteiger partial charge on any atom is -0.346 e. The Labute approximate surface area is 173 Å². The van der Waals surface area contributed by atoms with Gasteiger partial charge < -0.3 is 9.55 Å². The molecule has 3 aromatic heterocycles. The standard InChI is InChI=1S/C21H16F4N6/c22-15-3-1-14(2-4-15)18-19(16-5-7-26-20-17(16)6-8-27-20)30(12-28-18)10-13-9-29-31(11-13)21(23,24)25/h1,3-4,6-9,11-12,27H,2,5,10H2. The van der Waals surface area contributed by atoms with Crippen LogP contribution in [-0.4, -0.2) is 30.5 Å². The van der Waals surface area contributed by atoms with Crippen LogP contribution in [-0.2, 0) is 12.8 Å². The van der Waals surface area contributed by atoms with Crippen LogP contribution in [0, 0.1) is 0 Å². The molecule has 0 unspecified atom stereocenters. The molecular weight excluding hydrogens is 412 g/mol. The van der Waals surface area contributed by atoms with E-state index >= 15 is 0 Å². The predicted molar refractivity (Wildman–Crippen MR) is 107 cm³/mol. The lowest BCUT2D eigenvalue weighted by atomic mass is 10.0. The zero-order valence-electron chi connectivity index (χ0n) is 16.1. The van der Waals surface area contributed by atoms with E-state index in [1.165, 1.54) is 18.3 Å². The van der Waals surface area contributed by atoms with Crippen LogP contribution >= 0.6 is 0 Å². The third-order valence-corrected chi connectivity index (χ3v) is 5.20. The molecule has 0 saturated carbocycles. The summed E-state index contributed by atoms with van der Waals surface area (Å²) in [5, 5.41) is 4.85. The van der Waals surface area contributed by atoms with E-state index < -0.39 is 6.30 Å². The lowest BCUT2D eigenvalue weighted by Crippen LogP contribution is -2.35. The number of halogens is 4. The number of H-pyrrole nitrogens is 1. The molecule has 0 saturated heterocycles. The number of nitrogens with zero attached hydrogens (tertiary/aromatic N) is 5. The van der Waals surface area contributed by atoms with Crippen LogP contribution < -0.4 is 10.7 Å². The Morgan fingerprint density at radius 1 is 1.16 bits per heavy atom. The first-order chi connectivity index (χ1) is 14.9. The number of imidazole rings is 1. The van der Waals surface area contributed by atoms with Crippen molar-refractivity contribution in [1.82, 2.24) is 24.3 Å². The van der Waals surface area contributed by atoms with Gasteiger partial charge in [-0.25, -0.2) is 14.4 Å². The zero-order chi connectivity index (χ0) is 21.6. The fourth-order valence-corrected chi connectivity index (χ4v) is 3.80. The molecule has 31 heavy (non-hydrogen) atoms. The van der Waals surface area contributed by atoms with Gasteiger partial charge in [-0.3, -0.25) is 0 Å². The summed E-state index contributed by atoms with van der Waals surface area (Å²) in [5.74, 6) is 0.398. The number of fused-ring (bicyclic) bond motifs is 1. The van der Waals surface area contributed by atoms with Gasteiger partial charge in [0.1, 0.15) is 11.6 Å². The maximum absolute atomic E-state index is 13.5. The SMILES string of the molecule is FC1=CCC(=c2ncn(Cc3cnn(C(F)(F)F)c3)c2=C2CC=Nc3[nH]ccc32)C=C1. The van der Waals surface area contributed by atoms with Crippen LogP contribution in [0.4, 0.5) is 23.4 Å². The predicted octanol–water partition coefficient (Wildman–Crippen LogP) is 3.20. The van der Waals surface area contributed by atoms with Crippen molar-refractivity contribution < 1.29 is 17.6 Å². The summed E-state index contributed by atoms with van der Waals surface area (Å²) in [6, 6.07) is 1.91. The van der Waals surface area contributed by atoms with Gasteiger partial charge in [0.15, 0.2) is 0 Å². The van der Waals surface area contributed by atoms with Gasteiger partial charge in [-0.1, -0.05) is 6.08 Å². The van der Waals surface area contributed by atoms with Gasteiger partial charge in [0.2, 0.25) is 0 Å². The molecule has 0 aromatic carbocycles. The molecule has 10 heteroatoms. The second-order valence-corrected chi connectivity index (χ2v) is 7.22. The van der Waals surface area contributed by atoms with Gasteiger partial charge in [0.05, 0.1) is 29.8 Å². The Balaban J connectivity index is 1.70. The number of aromatic amines is 1. The monoisotopic (exact) mass is 428 g/mol. The largest absolute Gasteiger partial charge is 0.504 e. The molecule has 0 amide bonds. The molecule has 0 atom stereocenters. The fourth-order valence-electron chi connectivity index (χ4n) is 3.80. The highest BCUT2D eigenvalue weighted by atomic mass is 19.4. The van der Waals surface area contributed by atoms with Gasteiger partial charge >= 0.3 is 6.30 Å². The van der Waals surface area contributed by atoms with Crippen molar-refractivity contribution in [3.63, 3.8) is 0 Å². The van der Waals surface area contributed by atoms with Crippen molar-refractivity contribution >= 4 is 23.2 Å². The quantitative estimate of drug-likeness (QED) is 0.638. The normalized spacial score (nSPS) is 19.5. The Morgan fingerprint density at radius 2 is 2.03 bits per heavy atom. The lowest BCUT2D eigenvalue weighted by Gasteiger charge is -2.11. The number of aromatic nitrogens is 5. The molecule has 4 heterocycles. The Kier molecular flexibility index (Phi) is 4.49. The molecule has 1 N–H and O–H groups in total. The first kappa shape index (κ1) is 19.3. The first-order valence-electron chi connectivity index (χ1n) is 9.52. The van der Waals surface area contributed by atoms with Crippen molar-refractivity contribution in [2.24, 2.45) is 4.99 Å². The molecule has 6 nitrogen and oxygen atoms in total. The highest BCUT2D eigenvalue weighted by molar-refractivity contribution is 5.88. The molecule has 0 spiro atoms. The molecule has 0 bridgehead atoms. The van der Waals surface area contributed by atoms with Crippen LogP contribution in [0.1, 0.15) is 24.0 Å². The van der Waals surface area contributed by atoms with E-state index in [0.717, 1.165) is 28.3 Å². The van der Waals surface area contributed by atoms with Crippen molar-refractivity contribution in [2.45, 2.75) is 25.7 Å². The summed E-state index contributed by atoms with van der Waals surface area (Å²) in [7, 11) is 0. The second kappa shape index (κ2) is 7.22. The van der Waals surface area contributed by atoms with Crippen LogP contribution in [0.3, 0.4) is 0 Å². The summed E-state index contributed by atoms with van der Waals surface area (Å²) in [4.78, 5) is 12.0. The van der Waals surface area contributed by atoms with Gasteiger partial charge in [-0.15, -0.1) is 13.2 Å². The number of rotatable bonds is 2. The molecule has 0 radical (unpaired) electrons. The highest BCUT2D eigenvalue weighted by Gasteiger charge is 2.31. The van der Waals surface area contributed by atoms with E-state index in [1.807, 2.05) is 6.07 Å². The molecule has 158 valence electrons.